The Kier molecular flexibility index (Phi) is 7.63. The van der Waals surface area contributed by atoms with Crippen LogP contribution in [0, 0.1) is 11.5 Å². The van der Waals surface area contributed by atoms with Gasteiger partial charge in [-0.05, 0) is 62.1 Å². The number of nitrogens with zero attached hydrogens (tertiary/aromatic N) is 5. The molecular formula is C22H24ClN5O2. The number of halogens is 1. The first-order valence-corrected chi connectivity index (χ1v) is 10.4. The van der Waals surface area contributed by atoms with E-state index in [0.717, 1.165) is 30.7 Å². The molecule has 0 saturated carbocycles. The molecule has 1 aromatic carbocycles. The van der Waals surface area contributed by atoms with Crippen LogP contribution in [0.25, 0.3) is 0 Å². The molecular weight excluding hydrogens is 402 g/mol. The zero-order valence-electron chi connectivity index (χ0n) is 16.9. The van der Waals surface area contributed by atoms with Crippen LogP contribution in [0.4, 0.5) is 5.69 Å². The summed E-state index contributed by atoms with van der Waals surface area (Å²) < 4.78 is 5.70. The number of anilines is 1. The van der Waals surface area contributed by atoms with E-state index in [2.05, 4.69) is 9.98 Å². The van der Waals surface area contributed by atoms with E-state index in [0.29, 0.717) is 30.6 Å². The summed E-state index contributed by atoms with van der Waals surface area (Å²) in [6.07, 6.45) is 8.35. The Morgan fingerprint density at radius 2 is 1.90 bits per heavy atom. The highest BCUT2D eigenvalue weighted by molar-refractivity contribution is 6.30. The van der Waals surface area contributed by atoms with Gasteiger partial charge in [0.05, 0.1) is 6.61 Å². The molecule has 0 bridgehead atoms. The molecule has 1 aliphatic heterocycles. The highest BCUT2D eigenvalue weighted by atomic mass is 35.5. The summed E-state index contributed by atoms with van der Waals surface area (Å²) in [5.74, 6) is 1.15. The molecule has 0 N–H and O–H groups in total. The van der Waals surface area contributed by atoms with Crippen molar-refractivity contribution in [1.82, 2.24) is 9.88 Å². The molecule has 1 fully saturated rings. The van der Waals surface area contributed by atoms with E-state index in [1.807, 2.05) is 42.3 Å². The summed E-state index contributed by atoms with van der Waals surface area (Å²) in [7, 11) is 0. The van der Waals surface area contributed by atoms with E-state index >= 15 is 0 Å². The maximum absolute atomic E-state index is 13.0. The molecule has 1 aromatic heterocycles. The lowest BCUT2D eigenvalue weighted by Crippen LogP contribution is -2.36. The van der Waals surface area contributed by atoms with Crippen molar-refractivity contribution < 1.29 is 9.53 Å². The fourth-order valence-electron chi connectivity index (χ4n) is 3.45. The third kappa shape index (κ3) is 5.08. The molecule has 1 atom stereocenters. The van der Waals surface area contributed by atoms with Gasteiger partial charge in [0.2, 0.25) is 12.2 Å². The molecule has 0 aliphatic carbocycles. The summed E-state index contributed by atoms with van der Waals surface area (Å²) >= 11 is 5.87. The minimum atomic E-state index is -0.368. The van der Waals surface area contributed by atoms with Crippen molar-refractivity contribution in [2.75, 3.05) is 18.1 Å². The number of nitriles is 1. The van der Waals surface area contributed by atoms with Gasteiger partial charge >= 0.3 is 0 Å². The Bertz CT molecular complexity index is 911. The summed E-state index contributed by atoms with van der Waals surface area (Å²) in [5, 5.41) is 9.86. The zero-order chi connectivity index (χ0) is 21.3. The number of rotatable bonds is 9. The monoisotopic (exact) mass is 425 g/mol. The van der Waals surface area contributed by atoms with Crippen LogP contribution < -0.4 is 9.64 Å². The van der Waals surface area contributed by atoms with Crippen molar-refractivity contribution in [1.29, 1.82) is 5.26 Å². The summed E-state index contributed by atoms with van der Waals surface area (Å²) in [6, 6.07) is 10.5. The van der Waals surface area contributed by atoms with Crippen LogP contribution in [0.3, 0.4) is 0 Å². The quantitative estimate of drug-likeness (QED) is 0.443. The van der Waals surface area contributed by atoms with Gasteiger partial charge in [0.25, 0.3) is 5.91 Å². The van der Waals surface area contributed by atoms with E-state index in [1.165, 1.54) is 0 Å². The number of ether oxygens (including phenoxy) is 1. The van der Waals surface area contributed by atoms with Crippen molar-refractivity contribution >= 4 is 29.2 Å². The molecule has 1 unspecified atom stereocenters. The maximum atomic E-state index is 13.0. The van der Waals surface area contributed by atoms with Crippen molar-refractivity contribution in [3.05, 3.63) is 53.8 Å². The first kappa shape index (κ1) is 21.6. The number of hydrogen-bond donors (Lipinski definition) is 0. The topological polar surface area (TPSA) is 81.8 Å². The average Bonchev–Trinajstić information content (AvgIpc) is 3.03. The molecule has 1 aliphatic rings. The number of pyridine rings is 1. The van der Waals surface area contributed by atoms with E-state index in [-0.39, 0.29) is 11.9 Å². The minimum absolute atomic E-state index is 0.0271. The van der Waals surface area contributed by atoms with Gasteiger partial charge in [-0.1, -0.05) is 18.5 Å². The number of aliphatic imine (C=N–C) groups is 1. The van der Waals surface area contributed by atoms with Crippen LogP contribution in [0.5, 0.6) is 5.75 Å². The number of guanidine groups is 1. The molecule has 8 heteroatoms. The maximum Gasteiger partial charge on any atom is 0.252 e. The normalized spacial score (nSPS) is 17.4. The van der Waals surface area contributed by atoms with Crippen LogP contribution in [0.1, 0.15) is 32.6 Å². The number of aromatic nitrogens is 1. The molecule has 2 heterocycles. The highest BCUT2D eigenvalue weighted by Crippen LogP contribution is 2.27. The second-order valence-corrected chi connectivity index (χ2v) is 7.30. The summed E-state index contributed by atoms with van der Waals surface area (Å²) in [5.41, 5.74) is 0.804. The molecule has 30 heavy (non-hydrogen) atoms. The minimum Gasteiger partial charge on any atom is -0.494 e. The van der Waals surface area contributed by atoms with Gasteiger partial charge in [0.1, 0.15) is 11.8 Å². The largest absolute Gasteiger partial charge is 0.494 e. The van der Waals surface area contributed by atoms with Gasteiger partial charge in [-0.25, -0.2) is 0 Å². The second kappa shape index (κ2) is 10.6. The number of benzene rings is 1. The fraction of sp³-hybridized carbons (Fsp3) is 0.364. The smallest absolute Gasteiger partial charge is 0.252 e. The molecule has 0 spiro atoms. The fourth-order valence-corrected chi connectivity index (χ4v) is 3.58. The number of hydrogen-bond acceptors (Lipinski definition) is 5. The zero-order valence-corrected chi connectivity index (χ0v) is 17.6. The van der Waals surface area contributed by atoms with Gasteiger partial charge < -0.3 is 4.74 Å². The summed E-state index contributed by atoms with van der Waals surface area (Å²) in [6.45, 7) is 3.06. The van der Waals surface area contributed by atoms with Crippen molar-refractivity contribution in [2.45, 2.75) is 38.6 Å². The molecule has 156 valence electrons. The van der Waals surface area contributed by atoms with Crippen molar-refractivity contribution in [3.8, 4) is 11.9 Å². The second-order valence-electron chi connectivity index (χ2n) is 6.86. The lowest BCUT2D eigenvalue weighted by atomic mass is 10.2. The van der Waals surface area contributed by atoms with E-state index < -0.39 is 0 Å². The lowest BCUT2D eigenvalue weighted by Gasteiger charge is -2.23. The Balaban J connectivity index is 1.56. The summed E-state index contributed by atoms with van der Waals surface area (Å²) in [4.78, 5) is 24.4. The third-order valence-electron chi connectivity index (χ3n) is 4.91. The Morgan fingerprint density at radius 3 is 2.57 bits per heavy atom. The van der Waals surface area contributed by atoms with E-state index in [9.17, 15) is 10.1 Å². The van der Waals surface area contributed by atoms with Gasteiger partial charge in [-0.15, -0.1) is 4.99 Å². The standard InChI is InChI=1S/C22H24ClN5O2/c1-2-20-21(29)27(22(26-16-24)28(20)18-10-12-25-13-11-18)14-4-3-5-15-30-19-8-6-17(23)7-9-19/h6-13,20H,2-5,14-15H2,1H3. The van der Waals surface area contributed by atoms with Crippen LogP contribution in [-0.4, -0.2) is 40.9 Å². The lowest BCUT2D eigenvalue weighted by molar-refractivity contribution is -0.127. The van der Waals surface area contributed by atoms with Crippen molar-refractivity contribution in [2.24, 2.45) is 4.99 Å². The number of unbranched alkanes of at least 4 members (excludes halogenated alkanes) is 2. The average molecular weight is 426 g/mol. The Hall–Kier alpha value is -3.11. The van der Waals surface area contributed by atoms with Crippen LogP contribution in [0.15, 0.2) is 53.8 Å². The molecule has 1 amide bonds. The van der Waals surface area contributed by atoms with E-state index in [4.69, 9.17) is 16.3 Å². The predicted octanol–water partition coefficient (Wildman–Crippen LogP) is 4.25. The Morgan fingerprint density at radius 1 is 1.17 bits per heavy atom. The number of amides is 1. The molecule has 1 saturated heterocycles. The third-order valence-corrected chi connectivity index (χ3v) is 5.16. The highest BCUT2D eigenvalue weighted by Gasteiger charge is 2.43. The Labute approximate surface area is 181 Å². The van der Waals surface area contributed by atoms with Crippen LogP contribution >= 0.6 is 11.6 Å². The number of carbonyl (C=O) groups excluding carboxylic acids is 1. The molecule has 0 radical (unpaired) electrons. The SMILES string of the molecule is CCC1C(=O)N(CCCCCOc2ccc(Cl)cc2)C(=NC#N)N1c1ccncc1. The van der Waals surface area contributed by atoms with Crippen LogP contribution in [-0.2, 0) is 4.79 Å². The van der Waals surface area contributed by atoms with Gasteiger partial charge in [-0.2, -0.15) is 5.26 Å². The van der Waals surface area contributed by atoms with Gasteiger partial charge in [0.15, 0.2) is 0 Å². The van der Waals surface area contributed by atoms with Gasteiger partial charge in [-0.3, -0.25) is 19.6 Å². The molecule has 7 nitrogen and oxygen atoms in total. The first-order valence-electron chi connectivity index (χ1n) is 10.0. The van der Waals surface area contributed by atoms with Gasteiger partial charge in [0, 0.05) is 29.6 Å². The van der Waals surface area contributed by atoms with Crippen molar-refractivity contribution in [3.63, 3.8) is 0 Å². The molecule has 2 aromatic rings. The first-order chi connectivity index (χ1) is 14.7. The molecule has 3 rings (SSSR count). The van der Waals surface area contributed by atoms with Crippen LogP contribution in [0.2, 0.25) is 5.02 Å². The van der Waals surface area contributed by atoms with E-state index in [1.54, 1.807) is 29.4 Å². The number of carbonyl (C=O) groups is 1. The predicted molar refractivity (Wildman–Crippen MR) is 116 cm³/mol.